The number of rotatable bonds is 6. The number of phenols is 1. The molecule has 0 aliphatic carbocycles. The first-order valence-corrected chi connectivity index (χ1v) is 8.41. The van der Waals surface area contributed by atoms with E-state index in [9.17, 15) is 15.2 Å². The third-order valence-electron chi connectivity index (χ3n) is 4.01. The van der Waals surface area contributed by atoms with E-state index in [1.54, 1.807) is 41.1 Å². The molecule has 5 heteroatoms. The molecule has 0 bridgehead atoms. The third kappa shape index (κ3) is 4.87. The first-order valence-electron chi connectivity index (χ1n) is 8.41. The number of phenolic OH excluding ortho intramolecular Hbond substituents is 1. The van der Waals surface area contributed by atoms with Crippen molar-refractivity contribution < 1.29 is 9.90 Å². The molecule has 1 amide bonds. The summed E-state index contributed by atoms with van der Waals surface area (Å²) < 4.78 is 0. The Bertz CT molecular complexity index is 805. The summed E-state index contributed by atoms with van der Waals surface area (Å²) in [5.41, 5.74) is 1.84. The Labute approximate surface area is 154 Å². The Hall–Kier alpha value is -3.26. The normalized spacial score (nSPS) is 11.1. The molecule has 0 aliphatic heterocycles. The van der Waals surface area contributed by atoms with Crippen molar-refractivity contribution >= 4 is 11.6 Å². The summed E-state index contributed by atoms with van der Waals surface area (Å²) in [6.07, 6.45) is 1.52. The molecule has 0 radical (unpaired) electrons. The van der Waals surface area contributed by atoms with Crippen molar-refractivity contribution in [1.29, 1.82) is 5.26 Å². The fourth-order valence-electron chi connectivity index (χ4n) is 2.51. The lowest BCUT2D eigenvalue weighted by Gasteiger charge is -2.27. The van der Waals surface area contributed by atoms with Gasteiger partial charge in [0.15, 0.2) is 0 Å². The molecule has 26 heavy (non-hydrogen) atoms. The molecule has 0 atom stereocenters. The van der Waals surface area contributed by atoms with E-state index >= 15 is 0 Å². The smallest absolute Gasteiger partial charge is 0.266 e. The number of amides is 1. The van der Waals surface area contributed by atoms with Crippen LogP contribution in [0.1, 0.15) is 19.4 Å². The SMILES string of the molecule is CC(C)N(Cc1ccccc1)C(=O)/C(C#N)=C\N(C)c1ccc(O)cc1. The molecule has 5 nitrogen and oxygen atoms in total. The number of hydrogen-bond donors (Lipinski definition) is 1. The number of hydrogen-bond acceptors (Lipinski definition) is 4. The molecule has 0 aliphatic rings. The maximum atomic E-state index is 12.9. The van der Waals surface area contributed by atoms with Crippen LogP contribution in [0.15, 0.2) is 66.4 Å². The monoisotopic (exact) mass is 349 g/mol. The quantitative estimate of drug-likeness (QED) is 0.638. The van der Waals surface area contributed by atoms with Crippen molar-refractivity contribution in [3.63, 3.8) is 0 Å². The number of nitrogens with zero attached hydrogens (tertiary/aromatic N) is 3. The molecule has 1 N–H and O–H groups in total. The first kappa shape index (κ1) is 19.1. The maximum absolute atomic E-state index is 12.9. The van der Waals surface area contributed by atoms with Gasteiger partial charge in [-0.05, 0) is 43.7 Å². The first-order chi connectivity index (χ1) is 12.4. The molecule has 2 rings (SSSR count). The second-order valence-electron chi connectivity index (χ2n) is 6.29. The highest BCUT2D eigenvalue weighted by molar-refractivity contribution is 5.97. The van der Waals surface area contributed by atoms with Crippen LogP contribution in [0.3, 0.4) is 0 Å². The molecule has 2 aromatic carbocycles. The van der Waals surface area contributed by atoms with E-state index in [1.165, 1.54) is 6.20 Å². The van der Waals surface area contributed by atoms with Crippen molar-refractivity contribution in [2.45, 2.75) is 26.4 Å². The van der Waals surface area contributed by atoms with Crippen LogP contribution in [0.5, 0.6) is 5.75 Å². The highest BCUT2D eigenvalue weighted by Crippen LogP contribution is 2.19. The largest absolute Gasteiger partial charge is 0.508 e. The zero-order valence-corrected chi connectivity index (χ0v) is 15.3. The molecule has 0 aromatic heterocycles. The van der Waals surface area contributed by atoms with E-state index in [4.69, 9.17) is 0 Å². The van der Waals surface area contributed by atoms with E-state index in [1.807, 2.05) is 50.2 Å². The molecule has 0 spiro atoms. The predicted molar refractivity (Wildman–Crippen MR) is 102 cm³/mol. The van der Waals surface area contributed by atoms with Gasteiger partial charge in [-0.3, -0.25) is 4.79 Å². The van der Waals surface area contributed by atoms with Crippen LogP contribution in [0.4, 0.5) is 5.69 Å². The Morgan fingerprint density at radius 3 is 2.31 bits per heavy atom. The van der Waals surface area contributed by atoms with Crippen molar-refractivity contribution in [3.8, 4) is 11.8 Å². The minimum Gasteiger partial charge on any atom is -0.508 e. The predicted octanol–water partition coefficient (Wildman–Crippen LogP) is 3.67. The Morgan fingerprint density at radius 2 is 1.77 bits per heavy atom. The Balaban J connectivity index is 2.24. The fourth-order valence-corrected chi connectivity index (χ4v) is 2.51. The van der Waals surface area contributed by atoms with Crippen LogP contribution in [0.2, 0.25) is 0 Å². The standard InChI is InChI=1S/C21H23N3O2/c1-16(2)24(14-17-7-5-4-6-8-17)21(26)18(13-22)15-23(3)19-9-11-20(25)12-10-19/h4-12,15-16,25H,14H2,1-3H3/b18-15-. The van der Waals surface area contributed by atoms with Gasteiger partial charge in [0.05, 0.1) is 0 Å². The van der Waals surface area contributed by atoms with Gasteiger partial charge in [-0.15, -0.1) is 0 Å². The third-order valence-corrected chi connectivity index (χ3v) is 4.01. The zero-order chi connectivity index (χ0) is 19.1. The summed E-state index contributed by atoms with van der Waals surface area (Å²) in [6, 6.07) is 18.2. The van der Waals surface area contributed by atoms with Gasteiger partial charge in [0.1, 0.15) is 17.4 Å². The lowest BCUT2D eigenvalue weighted by atomic mass is 10.1. The molecule has 0 saturated carbocycles. The molecule has 0 heterocycles. The number of anilines is 1. The van der Waals surface area contributed by atoms with Crippen LogP contribution in [-0.2, 0) is 11.3 Å². The van der Waals surface area contributed by atoms with E-state index in [-0.39, 0.29) is 23.3 Å². The van der Waals surface area contributed by atoms with Gasteiger partial charge in [0, 0.05) is 31.5 Å². The fraction of sp³-hybridized carbons (Fsp3) is 0.238. The number of aromatic hydroxyl groups is 1. The van der Waals surface area contributed by atoms with E-state index in [0.717, 1.165) is 11.3 Å². The van der Waals surface area contributed by atoms with Crippen molar-refractivity contribution in [2.75, 3.05) is 11.9 Å². The summed E-state index contributed by atoms with van der Waals surface area (Å²) in [6.45, 7) is 4.30. The number of benzene rings is 2. The molecule has 0 unspecified atom stereocenters. The Kier molecular flexibility index (Phi) is 6.40. The molecule has 2 aromatic rings. The average Bonchev–Trinajstić information content (AvgIpc) is 2.64. The Morgan fingerprint density at radius 1 is 1.15 bits per heavy atom. The van der Waals surface area contributed by atoms with Gasteiger partial charge in [-0.2, -0.15) is 5.26 Å². The second-order valence-corrected chi connectivity index (χ2v) is 6.29. The summed E-state index contributed by atoms with van der Waals surface area (Å²) in [7, 11) is 1.76. The molecular weight excluding hydrogens is 326 g/mol. The zero-order valence-electron chi connectivity index (χ0n) is 15.3. The van der Waals surface area contributed by atoms with Gasteiger partial charge < -0.3 is 14.9 Å². The number of nitriles is 1. The summed E-state index contributed by atoms with van der Waals surface area (Å²) >= 11 is 0. The highest BCUT2D eigenvalue weighted by Gasteiger charge is 2.22. The molecule has 0 saturated heterocycles. The van der Waals surface area contributed by atoms with Crippen LogP contribution < -0.4 is 4.90 Å². The van der Waals surface area contributed by atoms with Crippen molar-refractivity contribution in [2.24, 2.45) is 0 Å². The van der Waals surface area contributed by atoms with E-state index in [2.05, 4.69) is 0 Å². The van der Waals surface area contributed by atoms with E-state index in [0.29, 0.717) is 6.54 Å². The summed E-state index contributed by atoms with van der Waals surface area (Å²) in [5, 5.41) is 18.9. The van der Waals surface area contributed by atoms with Gasteiger partial charge in [-0.1, -0.05) is 30.3 Å². The van der Waals surface area contributed by atoms with Gasteiger partial charge in [-0.25, -0.2) is 0 Å². The number of carbonyl (C=O) groups is 1. The van der Waals surface area contributed by atoms with Crippen LogP contribution in [-0.4, -0.2) is 29.0 Å². The average molecular weight is 349 g/mol. The van der Waals surface area contributed by atoms with Crippen molar-refractivity contribution in [1.82, 2.24) is 4.90 Å². The van der Waals surface area contributed by atoms with Crippen LogP contribution in [0.25, 0.3) is 0 Å². The number of carbonyl (C=O) groups excluding carboxylic acids is 1. The minimum atomic E-state index is -0.308. The summed E-state index contributed by atoms with van der Waals surface area (Å²) in [4.78, 5) is 16.3. The minimum absolute atomic E-state index is 0.0431. The second kappa shape index (κ2) is 8.72. The maximum Gasteiger partial charge on any atom is 0.266 e. The van der Waals surface area contributed by atoms with Crippen LogP contribution in [0, 0.1) is 11.3 Å². The lowest BCUT2D eigenvalue weighted by Crippen LogP contribution is -2.37. The van der Waals surface area contributed by atoms with E-state index < -0.39 is 0 Å². The van der Waals surface area contributed by atoms with Gasteiger partial charge >= 0.3 is 0 Å². The molecule has 0 fully saturated rings. The van der Waals surface area contributed by atoms with Crippen LogP contribution >= 0.6 is 0 Å². The highest BCUT2D eigenvalue weighted by atomic mass is 16.3. The molecular formula is C21H23N3O2. The topological polar surface area (TPSA) is 67.6 Å². The molecule has 134 valence electrons. The lowest BCUT2D eigenvalue weighted by molar-refractivity contribution is -0.129. The summed E-state index contributed by atoms with van der Waals surface area (Å²) in [5.74, 6) is -0.145. The van der Waals surface area contributed by atoms with Crippen molar-refractivity contribution in [3.05, 3.63) is 71.9 Å². The van der Waals surface area contributed by atoms with Gasteiger partial charge in [0.25, 0.3) is 5.91 Å². The van der Waals surface area contributed by atoms with Gasteiger partial charge in [0.2, 0.25) is 0 Å².